The van der Waals surface area contributed by atoms with E-state index < -0.39 is 11.9 Å². The number of nitrogens with one attached hydrogen (secondary N) is 1. The summed E-state index contributed by atoms with van der Waals surface area (Å²) in [5.41, 5.74) is 1.63. The molecular formula is C13H19NO5. The summed E-state index contributed by atoms with van der Waals surface area (Å²) in [6.45, 7) is 5.85. The number of rotatable bonds is 6. The average Bonchev–Trinajstić information content (AvgIpc) is 2.67. The summed E-state index contributed by atoms with van der Waals surface area (Å²) in [6, 6.07) is 0. The molecule has 0 aliphatic rings. The van der Waals surface area contributed by atoms with Crippen molar-refractivity contribution in [2.45, 2.75) is 27.4 Å². The molecule has 1 aromatic rings. The van der Waals surface area contributed by atoms with Gasteiger partial charge in [0.2, 0.25) is 0 Å². The molecule has 0 saturated heterocycles. The monoisotopic (exact) mass is 269 g/mol. The zero-order chi connectivity index (χ0) is 14.4. The Labute approximate surface area is 112 Å². The molecule has 1 aromatic heterocycles. The molecule has 1 heterocycles. The number of methoxy groups -OCH3 is 1. The Kier molecular flexibility index (Phi) is 5.57. The molecule has 0 atom stereocenters. The maximum Gasteiger partial charge on any atom is 0.355 e. The number of hydrogen-bond acceptors (Lipinski definition) is 5. The molecule has 6 heteroatoms. The highest BCUT2D eigenvalue weighted by molar-refractivity contribution is 5.98. The normalized spacial score (nSPS) is 10.3. The maximum absolute atomic E-state index is 11.9. The Morgan fingerprint density at radius 3 is 2.21 bits per heavy atom. The molecule has 0 fully saturated rings. The third-order valence-corrected chi connectivity index (χ3v) is 2.58. The highest BCUT2D eigenvalue weighted by Gasteiger charge is 2.25. The van der Waals surface area contributed by atoms with Crippen molar-refractivity contribution < 1.29 is 23.8 Å². The average molecular weight is 269 g/mol. The third-order valence-electron chi connectivity index (χ3n) is 2.58. The fourth-order valence-electron chi connectivity index (χ4n) is 1.80. The minimum Gasteiger partial charge on any atom is -0.462 e. The molecule has 0 unspecified atom stereocenters. The Hall–Kier alpha value is -1.82. The summed E-state index contributed by atoms with van der Waals surface area (Å²) in [7, 11) is 1.51. The van der Waals surface area contributed by atoms with E-state index in [-0.39, 0.29) is 25.5 Å². The quantitative estimate of drug-likeness (QED) is 0.797. The van der Waals surface area contributed by atoms with E-state index in [1.54, 1.807) is 20.8 Å². The molecule has 0 aliphatic carbocycles. The molecule has 1 N–H and O–H groups in total. The number of hydrogen-bond donors (Lipinski definition) is 1. The molecular weight excluding hydrogens is 250 g/mol. The molecule has 1 rings (SSSR count). The smallest absolute Gasteiger partial charge is 0.355 e. The predicted octanol–water partition coefficient (Wildman–Crippen LogP) is 1.82. The van der Waals surface area contributed by atoms with Crippen molar-refractivity contribution in [3.8, 4) is 0 Å². The molecule has 0 spiro atoms. The van der Waals surface area contributed by atoms with Gasteiger partial charge in [0.25, 0.3) is 0 Å². The van der Waals surface area contributed by atoms with Crippen LogP contribution in [0.2, 0.25) is 0 Å². The van der Waals surface area contributed by atoms with Gasteiger partial charge in [0.1, 0.15) is 5.69 Å². The summed E-state index contributed by atoms with van der Waals surface area (Å²) in [4.78, 5) is 26.5. The summed E-state index contributed by atoms with van der Waals surface area (Å²) in [5, 5.41) is 0. The first-order chi connectivity index (χ1) is 9.06. The van der Waals surface area contributed by atoms with Crippen molar-refractivity contribution in [3.05, 3.63) is 22.5 Å². The summed E-state index contributed by atoms with van der Waals surface area (Å²) in [5.74, 6) is -0.966. The number of esters is 2. The highest BCUT2D eigenvalue weighted by Crippen LogP contribution is 2.21. The predicted molar refractivity (Wildman–Crippen MR) is 68.2 cm³/mol. The van der Waals surface area contributed by atoms with Crippen molar-refractivity contribution >= 4 is 11.9 Å². The first kappa shape index (κ1) is 15.2. The van der Waals surface area contributed by atoms with Crippen LogP contribution in [-0.2, 0) is 20.8 Å². The Bertz CT molecular complexity index is 464. The number of carbonyl (C=O) groups excluding carboxylic acids is 2. The summed E-state index contributed by atoms with van der Waals surface area (Å²) >= 11 is 0. The number of H-pyrrole nitrogens is 1. The van der Waals surface area contributed by atoms with Crippen molar-refractivity contribution in [3.63, 3.8) is 0 Å². The van der Waals surface area contributed by atoms with Crippen LogP contribution in [0.1, 0.15) is 46.0 Å². The van der Waals surface area contributed by atoms with E-state index in [2.05, 4.69) is 4.98 Å². The standard InChI is InChI=1S/C13H19NO5/c1-5-18-12(15)10-8(3)11(13(16)19-6-2)14-9(10)7-17-4/h14H,5-7H2,1-4H3. The van der Waals surface area contributed by atoms with Crippen LogP contribution in [0.25, 0.3) is 0 Å². The second-order valence-electron chi connectivity index (χ2n) is 3.85. The maximum atomic E-state index is 11.9. The van der Waals surface area contributed by atoms with Gasteiger partial charge in [0, 0.05) is 7.11 Å². The van der Waals surface area contributed by atoms with E-state index in [1.165, 1.54) is 7.11 Å². The second kappa shape index (κ2) is 6.94. The molecule has 0 saturated carbocycles. The van der Waals surface area contributed by atoms with E-state index >= 15 is 0 Å². The molecule has 0 bridgehead atoms. The fourth-order valence-corrected chi connectivity index (χ4v) is 1.80. The van der Waals surface area contributed by atoms with Gasteiger partial charge in [-0.15, -0.1) is 0 Å². The zero-order valence-corrected chi connectivity index (χ0v) is 11.7. The third kappa shape index (κ3) is 3.35. The summed E-state index contributed by atoms with van der Waals surface area (Å²) < 4.78 is 14.9. The van der Waals surface area contributed by atoms with Crippen LogP contribution in [0.15, 0.2) is 0 Å². The van der Waals surface area contributed by atoms with Gasteiger partial charge in [-0.2, -0.15) is 0 Å². The van der Waals surface area contributed by atoms with E-state index in [0.29, 0.717) is 16.8 Å². The lowest BCUT2D eigenvalue weighted by Crippen LogP contribution is -2.09. The molecule has 6 nitrogen and oxygen atoms in total. The van der Waals surface area contributed by atoms with Gasteiger partial charge in [-0.05, 0) is 26.3 Å². The molecule has 0 radical (unpaired) electrons. The van der Waals surface area contributed by atoms with Crippen molar-refractivity contribution in [2.24, 2.45) is 0 Å². The van der Waals surface area contributed by atoms with Crippen molar-refractivity contribution in [1.29, 1.82) is 0 Å². The molecule has 0 amide bonds. The Morgan fingerprint density at radius 1 is 1.11 bits per heavy atom. The first-order valence-electron chi connectivity index (χ1n) is 6.11. The minimum absolute atomic E-state index is 0.189. The lowest BCUT2D eigenvalue weighted by molar-refractivity contribution is 0.0515. The fraction of sp³-hybridized carbons (Fsp3) is 0.538. The molecule has 106 valence electrons. The topological polar surface area (TPSA) is 77.6 Å². The van der Waals surface area contributed by atoms with Gasteiger partial charge < -0.3 is 19.2 Å². The zero-order valence-electron chi connectivity index (χ0n) is 11.7. The van der Waals surface area contributed by atoms with Crippen LogP contribution in [0, 0.1) is 6.92 Å². The first-order valence-corrected chi connectivity index (χ1v) is 6.11. The Balaban J connectivity index is 3.19. The Morgan fingerprint density at radius 2 is 1.68 bits per heavy atom. The molecule has 0 aromatic carbocycles. The van der Waals surface area contributed by atoms with Crippen molar-refractivity contribution in [1.82, 2.24) is 4.98 Å². The lowest BCUT2D eigenvalue weighted by atomic mass is 10.1. The van der Waals surface area contributed by atoms with Gasteiger partial charge in [-0.1, -0.05) is 0 Å². The number of carbonyl (C=O) groups is 2. The van der Waals surface area contributed by atoms with Crippen LogP contribution >= 0.6 is 0 Å². The number of aromatic amines is 1. The SMILES string of the molecule is CCOC(=O)c1[nH]c(COC)c(C(=O)OCC)c1C. The van der Waals surface area contributed by atoms with Crippen LogP contribution < -0.4 is 0 Å². The van der Waals surface area contributed by atoms with E-state index in [9.17, 15) is 9.59 Å². The van der Waals surface area contributed by atoms with Crippen LogP contribution in [-0.4, -0.2) is 37.2 Å². The molecule has 0 aliphatic heterocycles. The number of ether oxygens (including phenoxy) is 3. The van der Waals surface area contributed by atoms with Gasteiger partial charge in [0.05, 0.1) is 31.1 Å². The second-order valence-corrected chi connectivity index (χ2v) is 3.85. The van der Waals surface area contributed by atoms with Crippen LogP contribution in [0.3, 0.4) is 0 Å². The molecule has 19 heavy (non-hydrogen) atoms. The summed E-state index contributed by atoms with van der Waals surface area (Å²) in [6.07, 6.45) is 0. The van der Waals surface area contributed by atoms with Gasteiger partial charge in [-0.25, -0.2) is 9.59 Å². The van der Waals surface area contributed by atoms with E-state index in [4.69, 9.17) is 14.2 Å². The van der Waals surface area contributed by atoms with E-state index in [0.717, 1.165) is 0 Å². The largest absolute Gasteiger partial charge is 0.462 e. The minimum atomic E-state index is -0.493. The van der Waals surface area contributed by atoms with Crippen molar-refractivity contribution in [2.75, 3.05) is 20.3 Å². The lowest BCUT2D eigenvalue weighted by Gasteiger charge is -2.04. The van der Waals surface area contributed by atoms with Crippen LogP contribution in [0.4, 0.5) is 0 Å². The highest BCUT2D eigenvalue weighted by atomic mass is 16.5. The van der Waals surface area contributed by atoms with Crippen LogP contribution in [0.5, 0.6) is 0 Å². The van der Waals surface area contributed by atoms with Gasteiger partial charge in [0.15, 0.2) is 0 Å². The van der Waals surface area contributed by atoms with E-state index in [1.807, 2.05) is 0 Å². The number of aromatic nitrogens is 1. The van der Waals surface area contributed by atoms with Gasteiger partial charge >= 0.3 is 11.9 Å². The van der Waals surface area contributed by atoms with Gasteiger partial charge in [-0.3, -0.25) is 0 Å².